The lowest BCUT2D eigenvalue weighted by atomic mass is 10.0. The average Bonchev–Trinajstić information content (AvgIpc) is 3.97. The topological polar surface area (TPSA) is 69.9 Å². The standard InChI is InChI=1S/C53H30N4O2/c1-2-11-32(12-3-1)51-54-52(35-23-25-47-43(28-35)38-16-7-9-20-46(38)58-47)56-53(55-51)40-18-10-17-39-49-41-30-36(24-21-31(41)22-26-48(49)59-50(39)40)57-44-19-8-6-15-37(44)42-27-33-13-4-5-14-34(33)29-45(42)57/h1-30H. The van der Waals surface area contributed by atoms with Crippen LogP contribution >= 0.6 is 0 Å². The number of hydrogen-bond acceptors (Lipinski definition) is 5. The fraction of sp³-hybridized carbons (Fsp3) is 0. The van der Waals surface area contributed by atoms with Crippen LogP contribution < -0.4 is 0 Å². The average molecular weight is 755 g/mol. The molecule has 0 saturated carbocycles. The van der Waals surface area contributed by atoms with Crippen LogP contribution in [0.25, 0.3) is 127 Å². The minimum absolute atomic E-state index is 0.540. The second-order valence-corrected chi connectivity index (χ2v) is 15.2. The molecular formula is C53H30N4O2. The quantitative estimate of drug-likeness (QED) is 0.179. The van der Waals surface area contributed by atoms with Gasteiger partial charge in [-0.05, 0) is 88.3 Å². The van der Waals surface area contributed by atoms with Crippen molar-refractivity contribution >= 4 is 87.2 Å². The molecule has 0 fully saturated rings. The van der Waals surface area contributed by atoms with Crippen molar-refractivity contribution in [3.63, 3.8) is 0 Å². The number of aromatic nitrogens is 4. The van der Waals surface area contributed by atoms with Gasteiger partial charge in [-0.1, -0.05) is 115 Å². The molecule has 0 aliphatic rings. The molecule has 6 nitrogen and oxygen atoms in total. The summed E-state index contributed by atoms with van der Waals surface area (Å²) in [7, 11) is 0. The molecule has 9 aromatic carbocycles. The fourth-order valence-electron chi connectivity index (χ4n) is 9.06. The number of benzene rings is 9. The largest absolute Gasteiger partial charge is 0.456 e. The third kappa shape index (κ3) is 4.84. The van der Waals surface area contributed by atoms with Crippen molar-refractivity contribution in [2.45, 2.75) is 0 Å². The number of rotatable bonds is 4. The molecule has 13 aromatic rings. The van der Waals surface area contributed by atoms with Gasteiger partial charge < -0.3 is 13.4 Å². The van der Waals surface area contributed by atoms with Gasteiger partial charge in [-0.15, -0.1) is 0 Å². The highest BCUT2D eigenvalue weighted by atomic mass is 16.3. The van der Waals surface area contributed by atoms with Gasteiger partial charge in [-0.25, -0.2) is 15.0 Å². The van der Waals surface area contributed by atoms with Gasteiger partial charge in [-0.3, -0.25) is 0 Å². The molecule has 0 aliphatic heterocycles. The minimum atomic E-state index is 0.540. The smallest absolute Gasteiger partial charge is 0.167 e. The number of hydrogen-bond donors (Lipinski definition) is 0. The van der Waals surface area contributed by atoms with Crippen molar-refractivity contribution in [3.8, 4) is 39.9 Å². The van der Waals surface area contributed by atoms with Crippen molar-refractivity contribution in [2.24, 2.45) is 0 Å². The lowest BCUT2D eigenvalue weighted by molar-refractivity contribution is 0.669. The third-order valence-corrected chi connectivity index (χ3v) is 11.8. The molecular weight excluding hydrogens is 725 g/mol. The van der Waals surface area contributed by atoms with E-state index in [-0.39, 0.29) is 0 Å². The van der Waals surface area contributed by atoms with Gasteiger partial charge in [0.1, 0.15) is 22.3 Å². The predicted octanol–water partition coefficient (Wildman–Crippen LogP) is 14.1. The lowest BCUT2D eigenvalue weighted by Crippen LogP contribution is -2.00. The Morgan fingerprint density at radius 1 is 0.356 bits per heavy atom. The summed E-state index contributed by atoms with van der Waals surface area (Å²) in [6.45, 7) is 0. The molecule has 274 valence electrons. The predicted molar refractivity (Wildman–Crippen MR) is 240 cm³/mol. The summed E-state index contributed by atoms with van der Waals surface area (Å²) in [5.41, 5.74) is 9.22. The Hall–Kier alpha value is -8.09. The maximum absolute atomic E-state index is 6.83. The SMILES string of the molecule is c1ccc(-c2nc(-c3ccc4oc5ccccc5c4c3)nc(-c3cccc4c3oc3ccc5ccc(-n6c7ccccc7c7cc8ccccc8cc76)cc5c34)n2)cc1. The Kier molecular flexibility index (Phi) is 6.63. The van der Waals surface area contributed by atoms with Crippen LogP contribution in [0.4, 0.5) is 0 Å². The Balaban J connectivity index is 1.02. The molecule has 0 atom stereocenters. The molecule has 13 rings (SSSR count). The highest BCUT2D eigenvalue weighted by molar-refractivity contribution is 6.21. The first kappa shape index (κ1) is 32.0. The van der Waals surface area contributed by atoms with E-state index in [0.29, 0.717) is 17.5 Å². The molecule has 0 spiro atoms. The summed E-state index contributed by atoms with van der Waals surface area (Å²) in [5.74, 6) is 1.70. The van der Waals surface area contributed by atoms with Crippen LogP contribution in [-0.2, 0) is 0 Å². The normalized spacial score (nSPS) is 12.1. The van der Waals surface area contributed by atoms with E-state index in [1.807, 2.05) is 66.7 Å². The highest BCUT2D eigenvalue weighted by Gasteiger charge is 2.21. The summed E-state index contributed by atoms with van der Waals surface area (Å²) >= 11 is 0. The van der Waals surface area contributed by atoms with Gasteiger partial charge in [0.05, 0.1) is 16.6 Å². The second kappa shape index (κ2) is 12.2. The summed E-state index contributed by atoms with van der Waals surface area (Å²) in [4.78, 5) is 15.3. The van der Waals surface area contributed by atoms with E-state index in [4.69, 9.17) is 23.8 Å². The Labute approximate surface area is 336 Å². The molecule has 0 saturated heterocycles. The molecule has 0 amide bonds. The van der Waals surface area contributed by atoms with Crippen molar-refractivity contribution in [2.75, 3.05) is 0 Å². The van der Waals surface area contributed by atoms with Crippen LogP contribution in [0.3, 0.4) is 0 Å². The zero-order valence-electron chi connectivity index (χ0n) is 31.4. The van der Waals surface area contributed by atoms with Crippen molar-refractivity contribution in [1.29, 1.82) is 0 Å². The van der Waals surface area contributed by atoms with Gasteiger partial charge >= 0.3 is 0 Å². The number of furan rings is 2. The van der Waals surface area contributed by atoms with Crippen molar-refractivity contribution in [1.82, 2.24) is 19.5 Å². The summed E-state index contributed by atoms with van der Waals surface area (Å²) in [5, 5.41) is 11.3. The van der Waals surface area contributed by atoms with Crippen molar-refractivity contribution < 1.29 is 8.83 Å². The molecule has 0 unspecified atom stereocenters. The molecule has 4 aromatic heterocycles. The zero-order valence-corrected chi connectivity index (χ0v) is 31.4. The van der Waals surface area contributed by atoms with E-state index < -0.39 is 0 Å². The first-order valence-electron chi connectivity index (χ1n) is 19.8. The molecule has 0 N–H and O–H groups in total. The van der Waals surface area contributed by atoms with Crippen LogP contribution in [-0.4, -0.2) is 19.5 Å². The Morgan fingerprint density at radius 3 is 1.95 bits per heavy atom. The highest BCUT2D eigenvalue weighted by Crippen LogP contribution is 2.41. The molecule has 59 heavy (non-hydrogen) atoms. The summed E-state index contributed by atoms with van der Waals surface area (Å²) in [6.07, 6.45) is 0. The van der Waals surface area contributed by atoms with Gasteiger partial charge in [0.2, 0.25) is 0 Å². The van der Waals surface area contributed by atoms with E-state index in [0.717, 1.165) is 77.0 Å². The summed E-state index contributed by atoms with van der Waals surface area (Å²) < 4.78 is 15.4. The molecule has 0 radical (unpaired) electrons. The number of para-hydroxylation sites is 3. The maximum Gasteiger partial charge on any atom is 0.167 e. The second-order valence-electron chi connectivity index (χ2n) is 15.2. The molecule has 6 heteroatoms. The molecule has 0 bridgehead atoms. The van der Waals surface area contributed by atoms with Crippen LogP contribution in [0.1, 0.15) is 0 Å². The van der Waals surface area contributed by atoms with Gasteiger partial charge in [0.15, 0.2) is 17.5 Å². The first-order valence-corrected chi connectivity index (χ1v) is 19.8. The van der Waals surface area contributed by atoms with Gasteiger partial charge in [0.25, 0.3) is 0 Å². The molecule has 4 heterocycles. The van der Waals surface area contributed by atoms with Crippen LogP contribution in [0, 0.1) is 0 Å². The van der Waals surface area contributed by atoms with Gasteiger partial charge in [-0.2, -0.15) is 0 Å². The molecule has 0 aliphatic carbocycles. The summed E-state index contributed by atoms with van der Waals surface area (Å²) in [6, 6.07) is 63.4. The Morgan fingerprint density at radius 2 is 1.05 bits per heavy atom. The van der Waals surface area contributed by atoms with E-state index in [2.05, 4.69) is 120 Å². The first-order chi connectivity index (χ1) is 29.2. The van der Waals surface area contributed by atoms with E-state index >= 15 is 0 Å². The number of fused-ring (bicyclic) bond motifs is 12. The maximum atomic E-state index is 6.83. The van der Waals surface area contributed by atoms with Crippen LogP contribution in [0.5, 0.6) is 0 Å². The fourth-order valence-corrected chi connectivity index (χ4v) is 9.06. The minimum Gasteiger partial charge on any atom is -0.456 e. The van der Waals surface area contributed by atoms with Crippen molar-refractivity contribution in [3.05, 3.63) is 182 Å². The monoisotopic (exact) mass is 754 g/mol. The lowest BCUT2D eigenvalue weighted by Gasteiger charge is -2.10. The van der Waals surface area contributed by atoms with Crippen LogP contribution in [0.15, 0.2) is 191 Å². The number of nitrogens with zero attached hydrogens (tertiary/aromatic N) is 4. The van der Waals surface area contributed by atoms with E-state index in [1.165, 1.54) is 32.6 Å². The third-order valence-electron chi connectivity index (χ3n) is 11.8. The van der Waals surface area contributed by atoms with Crippen LogP contribution in [0.2, 0.25) is 0 Å². The van der Waals surface area contributed by atoms with E-state index in [9.17, 15) is 0 Å². The Bertz CT molecular complexity index is 3860. The van der Waals surface area contributed by atoms with Gasteiger partial charge in [0, 0.05) is 49.1 Å². The zero-order chi connectivity index (χ0) is 38.6. The van der Waals surface area contributed by atoms with E-state index in [1.54, 1.807) is 0 Å².